The van der Waals surface area contributed by atoms with Gasteiger partial charge in [-0.1, -0.05) is 27.7 Å². The number of aryl methyl sites for hydroxylation is 1. The molecule has 0 aromatic carbocycles. The Bertz CT molecular complexity index is 263. The fraction of sp³-hybridized carbons (Fsp3) is 0.778. The first kappa shape index (κ1) is 9.23. The van der Waals surface area contributed by atoms with E-state index in [1.54, 1.807) is 0 Å². The van der Waals surface area contributed by atoms with Gasteiger partial charge in [0, 0.05) is 12.3 Å². The minimum Gasteiger partial charge on any atom is -0.425 e. The smallest absolute Gasteiger partial charge is 0.222 e. The number of hydrogen-bond donors (Lipinski definition) is 0. The van der Waals surface area contributed by atoms with Gasteiger partial charge in [-0.3, -0.25) is 0 Å². The summed E-state index contributed by atoms with van der Waals surface area (Å²) < 4.78 is 5.39. The lowest BCUT2D eigenvalue weighted by molar-refractivity contribution is 0.283. The van der Waals surface area contributed by atoms with Crippen LogP contribution in [-0.2, 0) is 5.41 Å². The van der Waals surface area contributed by atoms with E-state index in [9.17, 15) is 0 Å². The van der Waals surface area contributed by atoms with Gasteiger partial charge < -0.3 is 4.42 Å². The van der Waals surface area contributed by atoms with E-state index < -0.39 is 0 Å². The molecule has 0 saturated heterocycles. The Hall–Kier alpha value is -0.860. The van der Waals surface area contributed by atoms with E-state index in [2.05, 4.69) is 37.9 Å². The topological polar surface area (TPSA) is 38.9 Å². The first-order valence-corrected chi connectivity index (χ1v) is 4.25. The first-order chi connectivity index (χ1) is 5.44. The number of hydrogen-bond acceptors (Lipinski definition) is 3. The zero-order valence-corrected chi connectivity index (χ0v) is 8.38. The second-order valence-corrected chi connectivity index (χ2v) is 4.00. The van der Waals surface area contributed by atoms with Crippen LogP contribution in [0.25, 0.3) is 0 Å². The fourth-order valence-electron chi connectivity index (χ4n) is 0.804. The minimum absolute atomic E-state index is 0.0265. The molecule has 0 unspecified atom stereocenters. The molecule has 0 aliphatic carbocycles. The van der Waals surface area contributed by atoms with Crippen molar-refractivity contribution >= 4 is 0 Å². The van der Waals surface area contributed by atoms with E-state index in [4.69, 9.17) is 4.42 Å². The summed E-state index contributed by atoms with van der Waals surface area (Å²) in [7, 11) is 0. The lowest BCUT2D eigenvalue weighted by Crippen LogP contribution is -2.24. The Balaban J connectivity index is 2.97. The third-order valence-corrected chi connectivity index (χ3v) is 2.52. The number of rotatable bonds is 2. The summed E-state index contributed by atoms with van der Waals surface area (Å²) in [5.41, 5.74) is -0.0265. The van der Waals surface area contributed by atoms with Crippen molar-refractivity contribution in [3.63, 3.8) is 0 Å². The highest BCUT2D eigenvalue weighted by Gasteiger charge is 2.30. The average Bonchev–Trinajstić information content (AvgIpc) is 2.35. The van der Waals surface area contributed by atoms with Crippen molar-refractivity contribution in [1.29, 1.82) is 0 Å². The molecule has 3 nitrogen and oxygen atoms in total. The van der Waals surface area contributed by atoms with E-state index in [1.165, 1.54) is 0 Å². The summed E-state index contributed by atoms with van der Waals surface area (Å²) >= 11 is 0. The standard InChI is InChI=1S/C9H16N2O/c1-6(2)9(4,5)8-11-10-7(3)12-8/h6H,1-5H3. The molecule has 0 fully saturated rings. The van der Waals surface area contributed by atoms with Crippen LogP contribution >= 0.6 is 0 Å². The van der Waals surface area contributed by atoms with Crippen molar-refractivity contribution in [3.8, 4) is 0 Å². The van der Waals surface area contributed by atoms with Gasteiger partial charge in [-0.25, -0.2) is 0 Å². The quantitative estimate of drug-likeness (QED) is 0.680. The maximum absolute atomic E-state index is 5.39. The van der Waals surface area contributed by atoms with Crippen LogP contribution in [-0.4, -0.2) is 10.2 Å². The monoisotopic (exact) mass is 168 g/mol. The zero-order chi connectivity index (χ0) is 9.35. The number of aromatic nitrogens is 2. The highest BCUT2D eigenvalue weighted by atomic mass is 16.4. The minimum atomic E-state index is -0.0265. The molecular formula is C9H16N2O. The molecule has 1 rings (SSSR count). The molecule has 0 radical (unpaired) electrons. The first-order valence-electron chi connectivity index (χ1n) is 4.25. The second kappa shape index (κ2) is 2.88. The van der Waals surface area contributed by atoms with Gasteiger partial charge in [0.05, 0.1) is 0 Å². The molecule has 0 bridgehead atoms. The Labute approximate surface area is 73.2 Å². The van der Waals surface area contributed by atoms with Crippen molar-refractivity contribution in [2.75, 3.05) is 0 Å². The second-order valence-electron chi connectivity index (χ2n) is 4.00. The van der Waals surface area contributed by atoms with Crippen LogP contribution < -0.4 is 0 Å². The van der Waals surface area contributed by atoms with Crippen molar-refractivity contribution in [3.05, 3.63) is 11.8 Å². The third-order valence-electron chi connectivity index (χ3n) is 2.52. The fourth-order valence-corrected chi connectivity index (χ4v) is 0.804. The summed E-state index contributed by atoms with van der Waals surface area (Å²) in [6.07, 6.45) is 0. The van der Waals surface area contributed by atoms with Gasteiger partial charge in [0.2, 0.25) is 11.8 Å². The molecule has 0 atom stereocenters. The van der Waals surface area contributed by atoms with Crippen molar-refractivity contribution < 1.29 is 4.42 Å². The Morgan fingerprint density at radius 1 is 1.25 bits per heavy atom. The van der Waals surface area contributed by atoms with Gasteiger partial charge >= 0.3 is 0 Å². The molecule has 3 heteroatoms. The molecule has 68 valence electrons. The van der Waals surface area contributed by atoms with Crippen LogP contribution in [0.2, 0.25) is 0 Å². The summed E-state index contributed by atoms with van der Waals surface area (Å²) in [5, 5.41) is 7.84. The largest absolute Gasteiger partial charge is 0.425 e. The molecule has 0 aliphatic heterocycles. The van der Waals surface area contributed by atoms with Crippen LogP contribution in [0.15, 0.2) is 4.42 Å². The van der Waals surface area contributed by atoms with Gasteiger partial charge in [-0.05, 0) is 5.92 Å². The average molecular weight is 168 g/mol. The highest BCUT2D eigenvalue weighted by Crippen LogP contribution is 2.29. The van der Waals surface area contributed by atoms with Crippen molar-refractivity contribution in [2.24, 2.45) is 5.92 Å². The molecule has 1 aromatic heterocycles. The van der Waals surface area contributed by atoms with Gasteiger partial charge in [0.1, 0.15) is 0 Å². The van der Waals surface area contributed by atoms with Gasteiger partial charge in [-0.2, -0.15) is 0 Å². The normalized spacial score (nSPS) is 12.5. The van der Waals surface area contributed by atoms with Crippen LogP contribution in [0.3, 0.4) is 0 Å². The highest BCUT2D eigenvalue weighted by molar-refractivity contribution is 5.00. The molecule has 1 aromatic rings. The van der Waals surface area contributed by atoms with Gasteiger partial charge in [0.25, 0.3) is 0 Å². The summed E-state index contributed by atoms with van der Waals surface area (Å²) in [4.78, 5) is 0. The predicted molar refractivity (Wildman–Crippen MR) is 46.9 cm³/mol. The lowest BCUT2D eigenvalue weighted by Gasteiger charge is -2.24. The maximum Gasteiger partial charge on any atom is 0.222 e. The molecular weight excluding hydrogens is 152 g/mol. The Kier molecular flexibility index (Phi) is 2.22. The number of nitrogens with zero attached hydrogens (tertiary/aromatic N) is 2. The van der Waals surface area contributed by atoms with Crippen LogP contribution in [0.1, 0.15) is 39.5 Å². The lowest BCUT2D eigenvalue weighted by atomic mass is 9.81. The zero-order valence-electron chi connectivity index (χ0n) is 8.38. The van der Waals surface area contributed by atoms with E-state index >= 15 is 0 Å². The maximum atomic E-state index is 5.39. The van der Waals surface area contributed by atoms with Gasteiger partial charge in [-0.15, -0.1) is 10.2 Å². The molecule has 0 amide bonds. The summed E-state index contributed by atoms with van der Waals surface area (Å²) in [6, 6.07) is 0. The molecule has 0 aliphatic rings. The van der Waals surface area contributed by atoms with Gasteiger partial charge in [0.15, 0.2) is 0 Å². The molecule has 12 heavy (non-hydrogen) atoms. The predicted octanol–water partition coefficient (Wildman–Crippen LogP) is 2.31. The molecule has 0 saturated carbocycles. The third kappa shape index (κ3) is 1.49. The van der Waals surface area contributed by atoms with Crippen molar-refractivity contribution in [1.82, 2.24) is 10.2 Å². The SMILES string of the molecule is Cc1nnc(C(C)(C)C(C)C)o1. The Morgan fingerprint density at radius 2 is 1.83 bits per heavy atom. The van der Waals surface area contributed by atoms with Crippen LogP contribution in [0.4, 0.5) is 0 Å². The van der Waals surface area contributed by atoms with E-state index in [0.717, 1.165) is 5.89 Å². The molecule has 0 N–H and O–H groups in total. The van der Waals surface area contributed by atoms with Crippen LogP contribution in [0.5, 0.6) is 0 Å². The summed E-state index contributed by atoms with van der Waals surface area (Å²) in [5.74, 6) is 1.87. The molecule has 0 spiro atoms. The summed E-state index contributed by atoms with van der Waals surface area (Å²) in [6.45, 7) is 10.3. The van der Waals surface area contributed by atoms with E-state index in [0.29, 0.717) is 11.8 Å². The van der Waals surface area contributed by atoms with Crippen molar-refractivity contribution in [2.45, 2.75) is 40.0 Å². The molecule has 1 heterocycles. The van der Waals surface area contributed by atoms with E-state index in [1.807, 2.05) is 6.92 Å². The Morgan fingerprint density at radius 3 is 2.17 bits per heavy atom. The van der Waals surface area contributed by atoms with E-state index in [-0.39, 0.29) is 5.41 Å². The van der Waals surface area contributed by atoms with Crippen LogP contribution in [0, 0.1) is 12.8 Å².